The molecule has 0 aromatic rings. The summed E-state index contributed by atoms with van der Waals surface area (Å²) in [5.74, 6) is -0.369. The van der Waals surface area contributed by atoms with Crippen LogP contribution in [0, 0.1) is 0 Å². The van der Waals surface area contributed by atoms with Crippen LogP contribution < -0.4 is 16.0 Å². The lowest BCUT2D eigenvalue weighted by Gasteiger charge is -2.08. The van der Waals surface area contributed by atoms with Crippen LogP contribution in [0.4, 0.5) is 0 Å². The number of carbonyl (C=O) groups excluding carboxylic acids is 3. The molecule has 0 radical (unpaired) electrons. The smallest absolute Gasteiger partial charge is 0.246 e. The van der Waals surface area contributed by atoms with Crippen LogP contribution in [0.5, 0.6) is 0 Å². The van der Waals surface area contributed by atoms with E-state index >= 15 is 0 Å². The molecule has 3 amide bonds. The molecule has 252 valence electrons. The number of aliphatic hydroxyl groups is 1. The predicted molar refractivity (Wildman–Crippen MR) is 167 cm³/mol. The summed E-state index contributed by atoms with van der Waals surface area (Å²) in [6.07, 6.45) is 9.69. The van der Waals surface area contributed by atoms with Crippen molar-refractivity contribution in [3.8, 4) is 0 Å². The van der Waals surface area contributed by atoms with E-state index in [0.717, 1.165) is 33.0 Å². The number of ether oxygens (including phenoxy) is 5. The molecule has 0 heterocycles. The summed E-state index contributed by atoms with van der Waals surface area (Å²) in [5.41, 5.74) is 0. The highest BCUT2D eigenvalue weighted by molar-refractivity contribution is 5.77. The third-order valence-electron chi connectivity index (χ3n) is 4.37. The third-order valence-corrected chi connectivity index (χ3v) is 4.37. The van der Waals surface area contributed by atoms with E-state index in [2.05, 4.69) is 43.6 Å². The standard InChI is InChI=1S/C19H37N3O7.C7H14O.C3H8.CH4O/c1-3-5-6-20-18(24)15-28-13-12-27-10-8-22-19(25)16-29-14-11-26-9-7-21-17(23)4-2;1-3-5-7-8-6-4-2;1-3-2;1-2/h3-16H2,1-2H3,(H,20,24)(H,21,23)(H,22,25);4,6H,3,5,7H2,1-2H3;3H2,1-2H3;2H,1H3/b;6-4+;;. The zero-order chi connectivity index (χ0) is 32.5. The Hall–Kier alpha value is -2.25. The van der Waals surface area contributed by atoms with Crippen LogP contribution in [-0.2, 0) is 38.1 Å². The van der Waals surface area contributed by atoms with Gasteiger partial charge in [0.25, 0.3) is 0 Å². The molecule has 4 N–H and O–H groups in total. The van der Waals surface area contributed by atoms with Crippen LogP contribution in [0.25, 0.3) is 0 Å². The van der Waals surface area contributed by atoms with Gasteiger partial charge in [0.1, 0.15) is 13.2 Å². The van der Waals surface area contributed by atoms with Crippen LogP contribution in [0.1, 0.15) is 80.1 Å². The molecule has 0 aromatic carbocycles. The average Bonchev–Trinajstić information content (AvgIpc) is 2.99. The minimum atomic E-state index is -0.233. The SMILES string of the molecule is C/C=C/OCCCC.CCC.CCCCNC(=O)COCCOCCNC(=O)COCCOCCNC(=O)CC.CO. The van der Waals surface area contributed by atoms with Crippen LogP contribution in [-0.4, -0.2) is 109 Å². The highest BCUT2D eigenvalue weighted by Crippen LogP contribution is 1.87. The van der Waals surface area contributed by atoms with Crippen molar-refractivity contribution in [2.45, 2.75) is 80.1 Å². The molecule has 0 unspecified atom stereocenters. The molecule has 0 saturated heterocycles. The van der Waals surface area contributed by atoms with E-state index in [-0.39, 0.29) is 30.9 Å². The molecule has 0 fully saturated rings. The molecule has 0 aliphatic carbocycles. The summed E-state index contributed by atoms with van der Waals surface area (Å²) in [5, 5.41) is 15.1. The summed E-state index contributed by atoms with van der Waals surface area (Å²) in [6, 6.07) is 0. The van der Waals surface area contributed by atoms with Gasteiger partial charge in [-0.05, 0) is 19.8 Å². The normalized spacial score (nSPS) is 9.81. The molecule has 0 saturated carbocycles. The Kier molecular flexibility index (Phi) is 50.8. The van der Waals surface area contributed by atoms with Crippen LogP contribution in [0.15, 0.2) is 12.3 Å². The number of nitrogens with one attached hydrogen (secondary N) is 3. The number of carbonyl (C=O) groups is 3. The Morgan fingerprint density at radius 2 is 1.02 bits per heavy atom. The first kappa shape index (κ1) is 46.7. The molecule has 0 spiro atoms. The Morgan fingerprint density at radius 1 is 0.595 bits per heavy atom. The van der Waals surface area contributed by atoms with Crippen molar-refractivity contribution in [2.24, 2.45) is 0 Å². The first-order valence-corrected chi connectivity index (χ1v) is 15.2. The van der Waals surface area contributed by atoms with E-state index in [4.69, 9.17) is 28.8 Å². The summed E-state index contributed by atoms with van der Waals surface area (Å²) in [7, 11) is 1.00. The fourth-order valence-corrected chi connectivity index (χ4v) is 2.32. The van der Waals surface area contributed by atoms with E-state index in [1.165, 1.54) is 12.8 Å². The molecular formula is C30H63N3O9. The van der Waals surface area contributed by atoms with Gasteiger partial charge in [0, 0.05) is 33.2 Å². The van der Waals surface area contributed by atoms with Gasteiger partial charge in [-0.25, -0.2) is 0 Å². The maximum atomic E-state index is 11.6. The van der Waals surface area contributed by atoms with Crippen LogP contribution in [0.2, 0.25) is 0 Å². The Morgan fingerprint density at radius 3 is 1.45 bits per heavy atom. The molecule has 0 aromatic heterocycles. The van der Waals surface area contributed by atoms with Gasteiger partial charge in [0.15, 0.2) is 0 Å². The van der Waals surface area contributed by atoms with Gasteiger partial charge < -0.3 is 44.7 Å². The molecule has 0 rings (SSSR count). The minimum Gasteiger partial charge on any atom is -0.502 e. The Bertz CT molecular complexity index is 580. The molecule has 0 bridgehead atoms. The summed E-state index contributed by atoms with van der Waals surface area (Å²) < 4.78 is 26.0. The lowest BCUT2D eigenvalue weighted by Crippen LogP contribution is -2.31. The Balaban J connectivity index is -0.000000463. The van der Waals surface area contributed by atoms with Gasteiger partial charge in [-0.2, -0.15) is 0 Å². The lowest BCUT2D eigenvalue weighted by atomic mass is 10.3. The van der Waals surface area contributed by atoms with Crippen molar-refractivity contribution in [3.05, 3.63) is 12.3 Å². The van der Waals surface area contributed by atoms with E-state index in [1.807, 2.05) is 13.0 Å². The van der Waals surface area contributed by atoms with Gasteiger partial charge in [-0.3, -0.25) is 14.4 Å². The number of rotatable bonds is 24. The molecule has 0 atom stereocenters. The Labute approximate surface area is 255 Å². The number of allylic oxidation sites excluding steroid dienone is 1. The molecular weight excluding hydrogens is 546 g/mol. The fraction of sp³-hybridized carbons (Fsp3) is 0.833. The second-order valence-corrected chi connectivity index (χ2v) is 8.49. The maximum absolute atomic E-state index is 11.6. The van der Waals surface area contributed by atoms with Gasteiger partial charge in [-0.15, -0.1) is 0 Å². The van der Waals surface area contributed by atoms with E-state index in [9.17, 15) is 14.4 Å². The highest BCUT2D eigenvalue weighted by atomic mass is 16.5. The van der Waals surface area contributed by atoms with Crippen molar-refractivity contribution in [3.63, 3.8) is 0 Å². The monoisotopic (exact) mass is 609 g/mol. The number of hydrogen-bond acceptors (Lipinski definition) is 9. The number of hydrogen-bond donors (Lipinski definition) is 4. The van der Waals surface area contributed by atoms with Crippen molar-refractivity contribution in [2.75, 3.05) is 86.2 Å². The highest BCUT2D eigenvalue weighted by Gasteiger charge is 2.02. The molecule has 42 heavy (non-hydrogen) atoms. The largest absolute Gasteiger partial charge is 0.502 e. The van der Waals surface area contributed by atoms with Gasteiger partial charge in [0.2, 0.25) is 17.7 Å². The second-order valence-electron chi connectivity index (χ2n) is 8.49. The summed E-state index contributed by atoms with van der Waals surface area (Å²) >= 11 is 0. The number of aliphatic hydroxyl groups excluding tert-OH is 1. The van der Waals surface area contributed by atoms with Crippen molar-refractivity contribution < 1.29 is 43.2 Å². The second kappa shape index (κ2) is 45.7. The van der Waals surface area contributed by atoms with Crippen molar-refractivity contribution in [1.29, 1.82) is 0 Å². The van der Waals surface area contributed by atoms with Gasteiger partial charge >= 0.3 is 0 Å². The topological polar surface area (TPSA) is 154 Å². The molecule has 12 nitrogen and oxygen atoms in total. The predicted octanol–water partition coefficient (Wildman–Crippen LogP) is 2.97. The van der Waals surface area contributed by atoms with Crippen molar-refractivity contribution in [1.82, 2.24) is 16.0 Å². The van der Waals surface area contributed by atoms with E-state index in [0.29, 0.717) is 65.7 Å². The van der Waals surface area contributed by atoms with Gasteiger partial charge in [0.05, 0.1) is 52.5 Å². The third kappa shape index (κ3) is 50.6. The minimum absolute atomic E-state index is 0.0109. The lowest BCUT2D eigenvalue weighted by molar-refractivity contribution is -0.127. The van der Waals surface area contributed by atoms with Crippen molar-refractivity contribution >= 4 is 17.7 Å². The first-order valence-electron chi connectivity index (χ1n) is 15.2. The molecule has 12 heteroatoms. The molecule has 0 aliphatic heterocycles. The number of amides is 3. The van der Waals surface area contributed by atoms with Gasteiger partial charge in [-0.1, -0.05) is 60.0 Å². The average molecular weight is 610 g/mol. The maximum Gasteiger partial charge on any atom is 0.246 e. The molecule has 0 aliphatic rings. The zero-order valence-electron chi connectivity index (χ0n) is 27.6. The number of unbranched alkanes of at least 4 members (excludes halogenated alkanes) is 2. The first-order chi connectivity index (χ1) is 20.4. The van der Waals surface area contributed by atoms with Crippen LogP contribution >= 0.6 is 0 Å². The van der Waals surface area contributed by atoms with Crippen LogP contribution in [0.3, 0.4) is 0 Å². The van der Waals surface area contributed by atoms with E-state index in [1.54, 1.807) is 13.2 Å². The fourth-order valence-electron chi connectivity index (χ4n) is 2.32. The zero-order valence-corrected chi connectivity index (χ0v) is 27.6. The van der Waals surface area contributed by atoms with E-state index < -0.39 is 0 Å². The summed E-state index contributed by atoms with van der Waals surface area (Å²) in [6.45, 7) is 16.6. The quantitative estimate of drug-likeness (QED) is 0.0955. The summed E-state index contributed by atoms with van der Waals surface area (Å²) in [4.78, 5) is 33.9.